The van der Waals surface area contributed by atoms with Crippen LogP contribution in [0.5, 0.6) is 0 Å². The molecule has 0 saturated carbocycles. The molecular weight excluding hydrogens is 473 g/mol. The first-order valence-corrected chi connectivity index (χ1v) is 12.7. The Kier molecular flexibility index (Phi) is 7.73. The summed E-state index contributed by atoms with van der Waals surface area (Å²) in [6.07, 6.45) is 4.20. The topological polar surface area (TPSA) is 77.5 Å². The van der Waals surface area contributed by atoms with Gasteiger partial charge in [0, 0.05) is 63.7 Å². The first-order chi connectivity index (χ1) is 18.0. The maximum atomic E-state index is 15.1. The normalized spacial score (nSPS) is 20.9. The van der Waals surface area contributed by atoms with Gasteiger partial charge in [-0.05, 0) is 42.4 Å². The minimum Gasteiger partial charge on any atom is -0.379 e. The number of anilines is 2. The van der Waals surface area contributed by atoms with Gasteiger partial charge in [-0.2, -0.15) is 0 Å². The van der Waals surface area contributed by atoms with Crippen LogP contribution in [0.2, 0.25) is 0 Å². The molecule has 2 aromatic rings. The van der Waals surface area contributed by atoms with Crippen molar-refractivity contribution in [2.24, 2.45) is 10.9 Å². The van der Waals surface area contributed by atoms with Crippen molar-refractivity contribution < 1.29 is 18.7 Å². The van der Waals surface area contributed by atoms with Crippen molar-refractivity contribution in [3.05, 3.63) is 59.9 Å². The van der Waals surface area contributed by atoms with Crippen molar-refractivity contribution in [3.8, 4) is 11.1 Å². The molecule has 37 heavy (non-hydrogen) atoms. The van der Waals surface area contributed by atoms with Crippen molar-refractivity contribution in [2.75, 3.05) is 69.7 Å². The van der Waals surface area contributed by atoms with Crippen LogP contribution in [0.1, 0.15) is 5.56 Å². The smallest absolute Gasteiger partial charge is 0.269 e. The van der Waals surface area contributed by atoms with Crippen LogP contribution >= 0.6 is 0 Å². The van der Waals surface area contributed by atoms with Gasteiger partial charge in [-0.1, -0.05) is 18.2 Å². The molecule has 2 amide bonds. The highest BCUT2D eigenvalue weighted by molar-refractivity contribution is 6.10. The Morgan fingerprint density at radius 1 is 1.08 bits per heavy atom. The third kappa shape index (κ3) is 6.12. The fraction of sp³-hybridized carbons (Fsp3) is 0.393. The predicted molar refractivity (Wildman–Crippen MR) is 142 cm³/mol. The molecule has 2 fully saturated rings. The van der Waals surface area contributed by atoms with Gasteiger partial charge < -0.3 is 19.9 Å². The number of likely N-dealkylation sites (N-methyl/N-ethyl adjacent to an activating group) is 1. The molecule has 0 radical (unpaired) electrons. The number of nitrogens with one attached hydrogen (secondary N) is 1. The van der Waals surface area contributed by atoms with Gasteiger partial charge in [0.15, 0.2) is 0 Å². The number of amides is 2. The first kappa shape index (κ1) is 25.3. The number of benzene rings is 2. The number of hydrogen-bond acceptors (Lipinski definition) is 6. The van der Waals surface area contributed by atoms with Gasteiger partial charge in [0.05, 0.1) is 30.5 Å². The molecule has 194 valence electrons. The van der Waals surface area contributed by atoms with Crippen LogP contribution in [0.25, 0.3) is 11.1 Å². The molecule has 0 aromatic heterocycles. The number of piperazine rings is 1. The zero-order valence-electron chi connectivity index (χ0n) is 21.0. The van der Waals surface area contributed by atoms with Crippen molar-refractivity contribution in [1.82, 2.24) is 9.80 Å². The largest absolute Gasteiger partial charge is 0.379 e. The van der Waals surface area contributed by atoms with Gasteiger partial charge in [-0.15, -0.1) is 0 Å². The standard InChI is InChI=1S/C28H32FN5O3/c1-32-8-10-34(11-9-32)26-6-3-21(17-25(26)31-28(36)22-4-7-27(35)30-18-22)23-16-20(2-5-24(23)29)19-33-12-14-37-15-13-33/h2-7,16-18,22H,8-15,19H2,1H3,(H,31,36). The SMILES string of the molecule is CN1CCN(c2ccc(-c3cc(CN4CCOCC4)ccc3F)cc2NC(=O)C2C=CC(=O)N=C2)CC1. The number of nitrogens with zero attached hydrogens (tertiary/aromatic N) is 4. The summed E-state index contributed by atoms with van der Waals surface area (Å²) >= 11 is 0. The van der Waals surface area contributed by atoms with Crippen molar-refractivity contribution in [2.45, 2.75) is 6.54 Å². The molecule has 0 spiro atoms. The van der Waals surface area contributed by atoms with Crippen molar-refractivity contribution in [3.63, 3.8) is 0 Å². The Bertz CT molecular complexity index is 1200. The second kappa shape index (κ2) is 11.3. The van der Waals surface area contributed by atoms with Crippen LogP contribution in [0, 0.1) is 11.7 Å². The first-order valence-electron chi connectivity index (χ1n) is 12.7. The summed E-state index contributed by atoms with van der Waals surface area (Å²) < 4.78 is 20.5. The number of carbonyl (C=O) groups is 2. The highest BCUT2D eigenvalue weighted by Crippen LogP contribution is 2.34. The second-order valence-electron chi connectivity index (χ2n) is 9.72. The number of halogens is 1. The van der Waals surface area contributed by atoms with E-state index in [1.54, 1.807) is 6.08 Å². The molecular formula is C28H32FN5O3. The van der Waals surface area contributed by atoms with Gasteiger partial charge in [0.2, 0.25) is 5.91 Å². The Hall–Kier alpha value is -3.40. The molecule has 3 heterocycles. The molecule has 1 atom stereocenters. The number of morpholine rings is 1. The highest BCUT2D eigenvalue weighted by atomic mass is 19.1. The van der Waals surface area contributed by atoms with Crippen LogP contribution in [0.4, 0.5) is 15.8 Å². The van der Waals surface area contributed by atoms with Crippen LogP contribution in [-0.4, -0.2) is 87.4 Å². The lowest BCUT2D eigenvalue weighted by Crippen LogP contribution is -2.44. The fourth-order valence-corrected chi connectivity index (χ4v) is 4.84. The van der Waals surface area contributed by atoms with Crippen LogP contribution in [0.15, 0.2) is 53.5 Å². The molecule has 3 aliphatic rings. The maximum absolute atomic E-state index is 15.1. The molecule has 9 heteroatoms. The van der Waals surface area contributed by atoms with Gasteiger partial charge in [-0.25, -0.2) is 9.38 Å². The fourth-order valence-electron chi connectivity index (χ4n) is 4.84. The Morgan fingerprint density at radius 3 is 2.59 bits per heavy atom. The van der Waals surface area contributed by atoms with E-state index in [-0.39, 0.29) is 17.6 Å². The van der Waals surface area contributed by atoms with Crippen molar-refractivity contribution in [1.29, 1.82) is 0 Å². The number of dihydropyridines is 1. The Labute approximate surface area is 216 Å². The van der Waals surface area contributed by atoms with Gasteiger partial charge in [-0.3, -0.25) is 14.5 Å². The second-order valence-corrected chi connectivity index (χ2v) is 9.72. The molecule has 1 unspecified atom stereocenters. The minimum absolute atomic E-state index is 0.290. The number of aliphatic imine (C=N–C) groups is 1. The molecule has 2 aromatic carbocycles. The Morgan fingerprint density at radius 2 is 1.86 bits per heavy atom. The monoisotopic (exact) mass is 505 g/mol. The van der Waals surface area contributed by atoms with Crippen molar-refractivity contribution >= 4 is 29.4 Å². The highest BCUT2D eigenvalue weighted by Gasteiger charge is 2.23. The lowest BCUT2D eigenvalue weighted by Gasteiger charge is -2.35. The van der Waals surface area contributed by atoms with E-state index in [1.807, 2.05) is 30.3 Å². The zero-order valence-corrected chi connectivity index (χ0v) is 21.0. The third-order valence-electron chi connectivity index (χ3n) is 7.06. The summed E-state index contributed by atoms with van der Waals surface area (Å²) in [5, 5.41) is 3.02. The van der Waals surface area contributed by atoms with E-state index in [2.05, 4.69) is 32.1 Å². The molecule has 1 N–H and O–H groups in total. The number of ether oxygens (including phenoxy) is 1. The maximum Gasteiger partial charge on any atom is 0.269 e. The predicted octanol–water partition coefficient (Wildman–Crippen LogP) is 2.80. The van der Waals surface area contributed by atoms with E-state index in [9.17, 15) is 9.59 Å². The van der Waals surface area contributed by atoms with Gasteiger partial charge in [0.1, 0.15) is 5.82 Å². The van der Waals surface area contributed by atoms with Crippen LogP contribution < -0.4 is 10.2 Å². The van der Waals surface area contributed by atoms with Gasteiger partial charge >= 0.3 is 0 Å². The number of hydrogen-bond donors (Lipinski definition) is 1. The lowest BCUT2D eigenvalue weighted by atomic mass is 10.00. The Balaban J connectivity index is 1.44. The van der Waals surface area contributed by atoms with E-state index >= 15 is 4.39 Å². The van der Waals surface area contributed by atoms with E-state index in [0.29, 0.717) is 30.0 Å². The molecule has 0 bridgehead atoms. The molecule has 2 saturated heterocycles. The van der Waals surface area contributed by atoms with Gasteiger partial charge in [0.25, 0.3) is 5.91 Å². The zero-order chi connectivity index (χ0) is 25.8. The lowest BCUT2D eigenvalue weighted by molar-refractivity contribution is -0.117. The van der Waals surface area contributed by atoms with E-state index in [4.69, 9.17) is 4.74 Å². The summed E-state index contributed by atoms with van der Waals surface area (Å²) in [7, 11) is 2.09. The molecule has 0 aliphatic carbocycles. The summed E-state index contributed by atoms with van der Waals surface area (Å²) in [4.78, 5) is 35.0. The van der Waals surface area contributed by atoms with E-state index in [0.717, 1.165) is 57.1 Å². The van der Waals surface area contributed by atoms with Crippen LogP contribution in [0.3, 0.4) is 0 Å². The number of rotatable bonds is 6. The molecule has 3 aliphatic heterocycles. The third-order valence-corrected chi connectivity index (χ3v) is 7.06. The van der Waals surface area contributed by atoms with E-state index < -0.39 is 5.92 Å². The summed E-state index contributed by atoms with van der Waals surface area (Å²) in [5.41, 5.74) is 3.72. The van der Waals surface area contributed by atoms with E-state index in [1.165, 1.54) is 18.4 Å². The quantitative estimate of drug-likeness (QED) is 0.651. The summed E-state index contributed by atoms with van der Waals surface area (Å²) in [5.74, 6) is -1.62. The summed E-state index contributed by atoms with van der Waals surface area (Å²) in [6, 6.07) is 10.9. The summed E-state index contributed by atoms with van der Waals surface area (Å²) in [6.45, 7) is 7.32. The average molecular weight is 506 g/mol. The molecule has 5 rings (SSSR count). The average Bonchev–Trinajstić information content (AvgIpc) is 2.91. The van der Waals surface area contributed by atoms with Crippen LogP contribution in [-0.2, 0) is 20.9 Å². The minimum atomic E-state index is -0.643. The molecule has 8 nitrogen and oxygen atoms in total. The number of carbonyl (C=O) groups excluding carboxylic acids is 2.